The second kappa shape index (κ2) is 8.15. The summed E-state index contributed by atoms with van der Waals surface area (Å²) >= 11 is 7.64. The molecule has 8 nitrogen and oxygen atoms in total. The first-order valence-corrected chi connectivity index (χ1v) is 9.26. The van der Waals surface area contributed by atoms with E-state index in [0.29, 0.717) is 29.1 Å². The zero-order chi connectivity index (χ0) is 18.7. The van der Waals surface area contributed by atoms with Crippen molar-refractivity contribution in [3.63, 3.8) is 0 Å². The van der Waals surface area contributed by atoms with Crippen LogP contribution in [0.2, 0.25) is 5.02 Å². The Labute approximate surface area is 160 Å². The molecule has 140 valence electrons. The van der Waals surface area contributed by atoms with Crippen LogP contribution in [0.5, 0.6) is 5.75 Å². The van der Waals surface area contributed by atoms with Crippen LogP contribution in [-0.4, -0.2) is 53.4 Å². The summed E-state index contributed by atoms with van der Waals surface area (Å²) in [7, 11) is 3.16. The number of carbonyl (C=O) groups is 1. The number of ether oxygens (including phenoxy) is 2. The van der Waals surface area contributed by atoms with E-state index in [1.165, 1.54) is 11.8 Å². The smallest absolute Gasteiger partial charge is 0.236 e. The summed E-state index contributed by atoms with van der Waals surface area (Å²) in [5.41, 5.74) is 4.20. The number of amides is 1. The van der Waals surface area contributed by atoms with Gasteiger partial charge in [0, 0.05) is 13.7 Å². The maximum absolute atomic E-state index is 12.7. The van der Waals surface area contributed by atoms with Crippen LogP contribution < -0.4 is 15.5 Å². The van der Waals surface area contributed by atoms with Crippen LogP contribution in [0.3, 0.4) is 0 Å². The van der Waals surface area contributed by atoms with Crippen LogP contribution in [0, 0.1) is 6.92 Å². The maximum Gasteiger partial charge on any atom is 0.236 e. The van der Waals surface area contributed by atoms with Gasteiger partial charge in [-0.25, -0.2) is 4.68 Å². The van der Waals surface area contributed by atoms with Crippen LogP contribution in [0.25, 0.3) is 0 Å². The van der Waals surface area contributed by atoms with Crippen LogP contribution >= 0.6 is 23.4 Å². The molecule has 1 aromatic heterocycles. The third-order valence-electron chi connectivity index (χ3n) is 4.00. The maximum atomic E-state index is 12.7. The summed E-state index contributed by atoms with van der Waals surface area (Å²) in [5, 5.41) is 11.8. The first kappa shape index (κ1) is 18.8. The van der Waals surface area contributed by atoms with Gasteiger partial charge in [0.05, 0.1) is 24.8 Å². The Hall–Kier alpha value is -1.97. The number of thioether (sulfide) groups is 1. The van der Waals surface area contributed by atoms with Crippen molar-refractivity contribution in [3.05, 3.63) is 34.6 Å². The van der Waals surface area contributed by atoms with Crippen LogP contribution in [0.4, 0.5) is 0 Å². The van der Waals surface area contributed by atoms with E-state index in [4.69, 9.17) is 21.1 Å². The van der Waals surface area contributed by atoms with Crippen LogP contribution in [0.1, 0.15) is 17.4 Å². The number of halogens is 1. The minimum Gasteiger partial charge on any atom is -0.495 e. The Bertz CT molecular complexity index is 800. The lowest BCUT2D eigenvalue weighted by molar-refractivity contribution is -0.121. The Morgan fingerprint density at radius 3 is 2.92 bits per heavy atom. The molecule has 0 fully saturated rings. The molecule has 1 aliphatic rings. The van der Waals surface area contributed by atoms with Crippen molar-refractivity contribution in [2.24, 2.45) is 0 Å². The molecule has 1 amide bonds. The molecule has 2 atom stereocenters. The quantitative estimate of drug-likeness (QED) is 0.718. The Morgan fingerprint density at radius 1 is 1.42 bits per heavy atom. The van der Waals surface area contributed by atoms with Gasteiger partial charge in [0.2, 0.25) is 11.1 Å². The fourth-order valence-electron chi connectivity index (χ4n) is 2.66. The predicted octanol–water partition coefficient (Wildman–Crippen LogP) is 1.77. The second-order valence-electron chi connectivity index (χ2n) is 5.69. The number of hydrogen-bond donors (Lipinski definition) is 2. The van der Waals surface area contributed by atoms with Gasteiger partial charge in [0.1, 0.15) is 16.8 Å². The fourth-order valence-corrected chi connectivity index (χ4v) is 4.08. The zero-order valence-electron chi connectivity index (χ0n) is 14.7. The normalized spacial score (nSPS) is 18.8. The van der Waals surface area contributed by atoms with Crippen molar-refractivity contribution >= 4 is 29.3 Å². The number of aromatic nitrogens is 3. The molecular formula is C16H20ClN5O3S. The molecule has 0 saturated heterocycles. The van der Waals surface area contributed by atoms with E-state index in [9.17, 15) is 4.79 Å². The van der Waals surface area contributed by atoms with E-state index in [2.05, 4.69) is 20.9 Å². The van der Waals surface area contributed by atoms with Gasteiger partial charge in [0.25, 0.3) is 0 Å². The van der Waals surface area contributed by atoms with Gasteiger partial charge in [-0.1, -0.05) is 29.4 Å². The number of benzene rings is 1. The first-order chi connectivity index (χ1) is 12.5. The number of fused-ring (bicyclic) bond motifs is 1. The molecule has 0 aliphatic carbocycles. The molecule has 2 heterocycles. The summed E-state index contributed by atoms with van der Waals surface area (Å²) in [4.78, 5) is 12.7. The van der Waals surface area contributed by atoms with E-state index >= 15 is 0 Å². The van der Waals surface area contributed by atoms with Crippen LogP contribution in [-0.2, 0) is 9.53 Å². The third kappa shape index (κ3) is 3.74. The molecule has 26 heavy (non-hydrogen) atoms. The number of methoxy groups -OCH3 is 2. The molecule has 3 rings (SSSR count). The van der Waals surface area contributed by atoms with Crippen LogP contribution in [0.15, 0.2) is 23.4 Å². The molecule has 1 aliphatic heterocycles. The number of aryl methyl sites for hydroxylation is 1. The average Bonchev–Trinajstić information content (AvgIpc) is 3.01. The van der Waals surface area contributed by atoms with Gasteiger partial charge in [0.15, 0.2) is 0 Å². The number of rotatable bonds is 6. The Balaban J connectivity index is 1.91. The lowest BCUT2D eigenvalue weighted by Crippen LogP contribution is -2.44. The molecule has 0 radical (unpaired) electrons. The number of nitrogens with one attached hydrogen (secondary N) is 2. The highest BCUT2D eigenvalue weighted by molar-refractivity contribution is 8.00. The SMILES string of the molecule is COCCNC(=O)C1Sc2nnc(C)n2NC1c1ccc(OC)c(Cl)c1. The lowest BCUT2D eigenvalue weighted by Gasteiger charge is -2.32. The summed E-state index contributed by atoms with van der Waals surface area (Å²) in [6.45, 7) is 2.74. The number of hydrogen-bond acceptors (Lipinski definition) is 7. The average molecular weight is 398 g/mol. The van der Waals surface area contributed by atoms with Gasteiger partial charge in [-0.3, -0.25) is 4.79 Å². The summed E-state index contributed by atoms with van der Waals surface area (Å²) in [6.07, 6.45) is 0. The minimum atomic E-state index is -0.438. The van der Waals surface area contributed by atoms with Crippen molar-refractivity contribution in [1.82, 2.24) is 20.2 Å². The summed E-state index contributed by atoms with van der Waals surface area (Å²) < 4.78 is 12.0. The molecule has 2 N–H and O–H groups in total. The van der Waals surface area contributed by atoms with E-state index < -0.39 is 5.25 Å². The van der Waals surface area contributed by atoms with E-state index in [-0.39, 0.29) is 11.9 Å². The number of nitrogens with zero attached hydrogens (tertiary/aromatic N) is 3. The van der Waals surface area contributed by atoms with Crippen molar-refractivity contribution < 1.29 is 14.3 Å². The Morgan fingerprint density at radius 2 is 2.23 bits per heavy atom. The molecule has 2 aromatic rings. The second-order valence-corrected chi connectivity index (χ2v) is 7.20. The highest BCUT2D eigenvalue weighted by Crippen LogP contribution is 2.38. The van der Waals surface area contributed by atoms with E-state index in [1.807, 2.05) is 13.0 Å². The minimum absolute atomic E-state index is 0.108. The fraction of sp³-hybridized carbons (Fsp3) is 0.438. The highest BCUT2D eigenvalue weighted by Gasteiger charge is 2.37. The standard InChI is InChI=1S/C16H20ClN5O3S/c1-9-19-20-16-22(9)21-13(10-4-5-12(25-3)11(17)8-10)14(26-16)15(23)18-6-7-24-2/h4-5,8,13-14,21H,6-7H2,1-3H3,(H,18,23). The first-order valence-electron chi connectivity index (χ1n) is 8.00. The van der Waals surface area contributed by atoms with E-state index in [0.717, 1.165) is 11.4 Å². The predicted molar refractivity (Wildman–Crippen MR) is 99.4 cm³/mol. The highest BCUT2D eigenvalue weighted by atomic mass is 35.5. The summed E-state index contributed by atoms with van der Waals surface area (Å²) in [6, 6.07) is 5.17. The Kier molecular flexibility index (Phi) is 5.90. The largest absolute Gasteiger partial charge is 0.495 e. The van der Waals surface area contributed by atoms with Gasteiger partial charge < -0.3 is 20.2 Å². The lowest BCUT2D eigenvalue weighted by atomic mass is 10.0. The molecule has 2 unspecified atom stereocenters. The third-order valence-corrected chi connectivity index (χ3v) is 5.51. The van der Waals surface area contributed by atoms with E-state index in [1.54, 1.807) is 31.0 Å². The van der Waals surface area contributed by atoms with Crippen molar-refractivity contribution in [3.8, 4) is 5.75 Å². The van der Waals surface area contributed by atoms with Crippen molar-refractivity contribution in [1.29, 1.82) is 0 Å². The van der Waals surface area contributed by atoms with Gasteiger partial charge >= 0.3 is 0 Å². The molecule has 10 heteroatoms. The van der Waals surface area contributed by atoms with Crippen molar-refractivity contribution in [2.75, 3.05) is 32.8 Å². The summed E-state index contributed by atoms with van der Waals surface area (Å²) in [5.74, 6) is 1.19. The van der Waals surface area contributed by atoms with Gasteiger partial charge in [-0.2, -0.15) is 0 Å². The molecule has 0 spiro atoms. The molecular weight excluding hydrogens is 378 g/mol. The van der Waals surface area contributed by atoms with Gasteiger partial charge in [-0.15, -0.1) is 10.2 Å². The molecule has 0 saturated carbocycles. The molecule has 0 bridgehead atoms. The zero-order valence-corrected chi connectivity index (χ0v) is 16.2. The molecule has 1 aromatic carbocycles. The van der Waals surface area contributed by atoms with Crippen molar-refractivity contribution in [2.45, 2.75) is 23.4 Å². The number of carbonyl (C=O) groups excluding carboxylic acids is 1. The topological polar surface area (TPSA) is 90.3 Å². The monoisotopic (exact) mass is 397 g/mol. The van der Waals surface area contributed by atoms with Gasteiger partial charge in [-0.05, 0) is 24.6 Å².